The molecule has 1 unspecified atom stereocenters. The van der Waals surface area contributed by atoms with Gasteiger partial charge in [0.2, 0.25) is 0 Å². The molecule has 0 spiro atoms. The van der Waals surface area contributed by atoms with Crippen LogP contribution in [0.15, 0.2) is 66.7 Å². The third-order valence-electron chi connectivity index (χ3n) is 3.96. The van der Waals surface area contributed by atoms with Crippen molar-refractivity contribution in [3.8, 4) is 5.75 Å². The van der Waals surface area contributed by atoms with Crippen molar-refractivity contribution < 1.29 is 17.4 Å². The lowest BCUT2D eigenvalue weighted by atomic mass is 10.00. The topological polar surface area (TPSA) is 111 Å². The summed E-state index contributed by atoms with van der Waals surface area (Å²) in [5.74, 6) is 0.0626. The van der Waals surface area contributed by atoms with Crippen LogP contribution in [0.5, 0.6) is 5.75 Å². The van der Waals surface area contributed by atoms with E-state index in [0.717, 1.165) is 16.3 Å². The molecule has 1 atom stereocenters. The molecule has 2 amide bonds. The molecule has 140 valence electrons. The molecular formula is C19H19N3O4S. The van der Waals surface area contributed by atoms with Crippen molar-refractivity contribution in [1.29, 1.82) is 0 Å². The Labute approximate surface area is 157 Å². The van der Waals surface area contributed by atoms with Gasteiger partial charge in [-0.25, -0.2) is 4.79 Å². The summed E-state index contributed by atoms with van der Waals surface area (Å²) in [6.07, 6.45) is 0. The van der Waals surface area contributed by atoms with Crippen LogP contribution in [0.1, 0.15) is 18.5 Å². The first-order valence-corrected chi connectivity index (χ1v) is 9.66. The molecule has 0 aliphatic heterocycles. The summed E-state index contributed by atoms with van der Waals surface area (Å²) in [7, 11) is -4.08. The van der Waals surface area contributed by atoms with Gasteiger partial charge in [-0.2, -0.15) is 13.6 Å². The number of fused-ring (bicyclic) bond motifs is 1. The molecule has 27 heavy (non-hydrogen) atoms. The van der Waals surface area contributed by atoms with Crippen LogP contribution in [0.25, 0.3) is 10.8 Å². The Balaban J connectivity index is 1.66. The number of nitrogens with one attached hydrogen (secondary N) is 2. The number of rotatable bonds is 5. The minimum absolute atomic E-state index is 0.0626. The quantitative estimate of drug-likeness (QED) is 0.626. The molecule has 7 nitrogen and oxygen atoms in total. The minimum Gasteiger partial charge on any atom is -0.371 e. The summed E-state index contributed by atoms with van der Waals surface area (Å²) in [6.45, 7) is 1.91. The molecule has 3 aromatic carbocycles. The minimum atomic E-state index is -4.08. The van der Waals surface area contributed by atoms with Gasteiger partial charge in [0.05, 0.1) is 6.04 Å². The predicted molar refractivity (Wildman–Crippen MR) is 105 cm³/mol. The fourth-order valence-electron chi connectivity index (χ4n) is 2.80. The smallest absolute Gasteiger partial charge is 0.371 e. The standard InChI is InChI=1S/C19H19N3O4S/c1-13(17-8-4-6-14-5-2-3-7-18(14)17)21-19(23)22-15-9-11-16(12-10-15)26-27(20,24)25/h2-13H,1H3,(H2,20,24,25)(H2,21,22,23). The summed E-state index contributed by atoms with van der Waals surface area (Å²) < 4.78 is 26.3. The van der Waals surface area contributed by atoms with Crippen LogP contribution in [0.4, 0.5) is 10.5 Å². The van der Waals surface area contributed by atoms with E-state index in [1.54, 1.807) is 0 Å². The maximum absolute atomic E-state index is 12.3. The van der Waals surface area contributed by atoms with Gasteiger partial charge >= 0.3 is 16.3 Å². The lowest BCUT2D eigenvalue weighted by Crippen LogP contribution is -2.31. The highest BCUT2D eigenvalue weighted by Crippen LogP contribution is 2.24. The SMILES string of the molecule is CC(NC(=O)Nc1ccc(OS(N)(=O)=O)cc1)c1cccc2ccccc12. The number of anilines is 1. The number of carbonyl (C=O) groups is 1. The maximum atomic E-state index is 12.3. The summed E-state index contributed by atoms with van der Waals surface area (Å²) >= 11 is 0. The molecule has 0 bridgehead atoms. The van der Waals surface area contributed by atoms with Crippen LogP contribution in [-0.2, 0) is 10.3 Å². The first-order valence-electron chi connectivity index (χ1n) is 8.19. The number of urea groups is 1. The number of benzene rings is 3. The number of hydrogen-bond acceptors (Lipinski definition) is 4. The average molecular weight is 385 g/mol. The third-order valence-corrected chi connectivity index (χ3v) is 4.39. The van der Waals surface area contributed by atoms with E-state index in [-0.39, 0.29) is 17.8 Å². The fourth-order valence-corrected chi connectivity index (χ4v) is 3.18. The van der Waals surface area contributed by atoms with Crippen LogP contribution in [0.3, 0.4) is 0 Å². The first-order chi connectivity index (χ1) is 12.8. The van der Waals surface area contributed by atoms with Crippen molar-refractivity contribution in [1.82, 2.24) is 5.32 Å². The Hall–Kier alpha value is -3.10. The fraction of sp³-hybridized carbons (Fsp3) is 0.105. The zero-order valence-electron chi connectivity index (χ0n) is 14.5. The second-order valence-electron chi connectivity index (χ2n) is 5.99. The summed E-state index contributed by atoms with van der Waals surface area (Å²) in [5, 5.41) is 12.6. The van der Waals surface area contributed by atoms with Crippen molar-refractivity contribution >= 4 is 32.8 Å². The highest BCUT2D eigenvalue weighted by molar-refractivity contribution is 7.84. The van der Waals surface area contributed by atoms with E-state index >= 15 is 0 Å². The highest BCUT2D eigenvalue weighted by Gasteiger charge is 2.12. The van der Waals surface area contributed by atoms with E-state index in [2.05, 4.69) is 14.8 Å². The van der Waals surface area contributed by atoms with Crippen LogP contribution < -0.4 is 20.0 Å². The first kappa shape index (κ1) is 18.7. The largest absolute Gasteiger partial charge is 0.380 e. The Kier molecular flexibility index (Phi) is 5.29. The van der Waals surface area contributed by atoms with E-state index in [1.165, 1.54) is 24.3 Å². The molecule has 4 N–H and O–H groups in total. The van der Waals surface area contributed by atoms with Crippen molar-refractivity contribution in [2.45, 2.75) is 13.0 Å². The Bertz CT molecular complexity index is 1060. The van der Waals surface area contributed by atoms with Crippen molar-refractivity contribution in [3.63, 3.8) is 0 Å². The van der Waals surface area contributed by atoms with Gasteiger partial charge in [-0.1, -0.05) is 42.5 Å². The molecule has 0 aliphatic carbocycles. The van der Waals surface area contributed by atoms with Crippen molar-refractivity contribution in [2.75, 3.05) is 5.32 Å². The summed E-state index contributed by atoms with van der Waals surface area (Å²) in [4.78, 5) is 12.3. The Morgan fingerprint density at radius 2 is 1.67 bits per heavy atom. The normalized spacial score (nSPS) is 12.4. The van der Waals surface area contributed by atoms with E-state index in [1.807, 2.05) is 49.4 Å². The summed E-state index contributed by atoms with van der Waals surface area (Å²) in [5.41, 5.74) is 1.50. The van der Waals surface area contributed by atoms with Gasteiger partial charge in [0.15, 0.2) is 0 Å². The van der Waals surface area contributed by atoms with Gasteiger partial charge < -0.3 is 14.8 Å². The van der Waals surface area contributed by atoms with Crippen molar-refractivity contribution in [2.24, 2.45) is 5.14 Å². The molecule has 0 fully saturated rings. The van der Waals surface area contributed by atoms with E-state index < -0.39 is 10.3 Å². The second-order valence-corrected chi connectivity index (χ2v) is 7.14. The average Bonchev–Trinajstić information content (AvgIpc) is 2.61. The van der Waals surface area contributed by atoms with Crippen LogP contribution >= 0.6 is 0 Å². The van der Waals surface area contributed by atoms with E-state index in [9.17, 15) is 13.2 Å². The number of amides is 2. The van der Waals surface area contributed by atoms with Gasteiger partial charge in [-0.15, -0.1) is 0 Å². The third kappa shape index (κ3) is 4.96. The molecule has 3 rings (SSSR count). The summed E-state index contributed by atoms with van der Waals surface area (Å²) in [6, 6.07) is 19.2. The molecule has 0 radical (unpaired) electrons. The second kappa shape index (κ2) is 7.65. The monoisotopic (exact) mass is 385 g/mol. The lowest BCUT2D eigenvalue weighted by Gasteiger charge is -2.17. The highest BCUT2D eigenvalue weighted by atomic mass is 32.2. The Morgan fingerprint density at radius 3 is 2.37 bits per heavy atom. The molecule has 0 heterocycles. The maximum Gasteiger partial charge on any atom is 0.380 e. The molecule has 8 heteroatoms. The number of hydrogen-bond donors (Lipinski definition) is 3. The molecule has 0 aliphatic rings. The van der Waals surface area contributed by atoms with Gasteiger partial charge in [-0.05, 0) is 47.5 Å². The molecular weight excluding hydrogens is 366 g/mol. The van der Waals surface area contributed by atoms with Gasteiger partial charge in [0.1, 0.15) is 5.75 Å². The number of nitrogens with two attached hydrogens (primary N) is 1. The van der Waals surface area contributed by atoms with Gasteiger partial charge in [-0.3, -0.25) is 0 Å². The van der Waals surface area contributed by atoms with Crippen LogP contribution in [0, 0.1) is 0 Å². The van der Waals surface area contributed by atoms with E-state index in [4.69, 9.17) is 5.14 Å². The number of carbonyl (C=O) groups excluding carboxylic acids is 1. The van der Waals surface area contributed by atoms with E-state index in [0.29, 0.717) is 5.69 Å². The van der Waals surface area contributed by atoms with Gasteiger partial charge in [0, 0.05) is 5.69 Å². The molecule has 0 saturated heterocycles. The van der Waals surface area contributed by atoms with Gasteiger partial charge in [0.25, 0.3) is 0 Å². The van der Waals surface area contributed by atoms with Crippen LogP contribution in [0.2, 0.25) is 0 Å². The lowest BCUT2D eigenvalue weighted by molar-refractivity contribution is 0.249. The molecule has 0 aromatic heterocycles. The predicted octanol–water partition coefficient (Wildman–Crippen LogP) is 3.30. The zero-order valence-corrected chi connectivity index (χ0v) is 15.4. The zero-order chi connectivity index (χ0) is 19.4. The molecule has 0 saturated carbocycles. The Morgan fingerprint density at radius 1 is 1.00 bits per heavy atom. The molecule has 3 aromatic rings. The van der Waals surface area contributed by atoms with Crippen molar-refractivity contribution in [3.05, 3.63) is 72.3 Å². The van der Waals surface area contributed by atoms with Crippen LogP contribution in [-0.4, -0.2) is 14.4 Å².